The molecular weight excluding hydrogens is 634 g/mol. The number of ether oxygens (including phenoxy) is 2. The van der Waals surface area contributed by atoms with Gasteiger partial charge in [0.15, 0.2) is 0 Å². The summed E-state index contributed by atoms with van der Waals surface area (Å²) in [6.45, 7) is 3.59. The van der Waals surface area contributed by atoms with Crippen molar-refractivity contribution < 1.29 is 27.5 Å². The summed E-state index contributed by atoms with van der Waals surface area (Å²) in [4.78, 5) is 29.0. The van der Waals surface area contributed by atoms with Gasteiger partial charge >= 0.3 is 0 Å². The predicted octanol–water partition coefficient (Wildman–Crippen LogP) is 5.53. The quantitative estimate of drug-likeness (QED) is 0.256. The van der Waals surface area contributed by atoms with Gasteiger partial charge in [0.1, 0.15) is 24.1 Å². The zero-order chi connectivity index (χ0) is 31.0. The second-order valence-electron chi connectivity index (χ2n) is 10.4. The van der Waals surface area contributed by atoms with E-state index in [2.05, 4.69) is 21.2 Å². The molecule has 1 atom stereocenters. The molecule has 230 valence electrons. The van der Waals surface area contributed by atoms with Crippen LogP contribution in [-0.4, -0.2) is 57.5 Å². The van der Waals surface area contributed by atoms with Gasteiger partial charge in [-0.15, -0.1) is 0 Å². The summed E-state index contributed by atoms with van der Waals surface area (Å²) in [6.07, 6.45) is 3.92. The van der Waals surface area contributed by atoms with Crippen LogP contribution in [0.3, 0.4) is 0 Å². The molecule has 1 N–H and O–H groups in total. The van der Waals surface area contributed by atoms with Crippen LogP contribution in [0.1, 0.15) is 45.1 Å². The number of sulfonamides is 1. The van der Waals surface area contributed by atoms with Crippen LogP contribution in [0.15, 0.2) is 82.2 Å². The summed E-state index contributed by atoms with van der Waals surface area (Å²) >= 11 is 3.35. The van der Waals surface area contributed by atoms with E-state index in [-0.39, 0.29) is 23.4 Å². The van der Waals surface area contributed by atoms with Gasteiger partial charge < -0.3 is 19.7 Å². The first kappa shape index (κ1) is 32.3. The Morgan fingerprint density at radius 2 is 1.56 bits per heavy atom. The average Bonchev–Trinajstić information content (AvgIpc) is 3.52. The second kappa shape index (κ2) is 14.7. The minimum Gasteiger partial charge on any atom is -0.497 e. The van der Waals surface area contributed by atoms with Crippen molar-refractivity contribution in [3.8, 4) is 11.5 Å². The number of hydrogen-bond donors (Lipinski definition) is 1. The molecule has 3 aromatic rings. The number of hydrogen-bond acceptors (Lipinski definition) is 6. The SMILES string of the molecule is CCOc1ccc(N(CC(=O)N(Cc2ccc(OC)cc2)[C@H](C)C(=O)NC2CCCC2)S(=O)(=O)c2ccc(Br)cc2)cc1. The maximum atomic E-state index is 14.1. The van der Waals surface area contributed by atoms with Crippen LogP contribution < -0.4 is 19.1 Å². The number of anilines is 1. The fraction of sp³-hybridized carbons (Fsp3) is 0.375. The third-order valence-electron chi connectivity index (χ3n) is 7.50. The molecule has 0 saturated heterocycles. The van der Waals surface area contributed by atoms with Crippen molar-refractivity contribution in [3.05, 3.63) is 82.8 Å². The summed E-state index contributed by atoms with van der Waals surface area (Å²) in [5.74, 6) is 0.462. The zero-order valence-electron chi connectivity index (χ0n) is 24.7. The van der Waals surface area contributed by atoms with Crippen LogP contribution in [0.5, 0.6) is 11.5 Å². The monoisotopic (exact) mass is 671 g/mol. The predicted molar refractivity (Wildman–Crippen MR) is 170 cm³/mol. The molecule has 1 aliphatic carbocycles. The Labute approximate surface area is 262 Å². The highest BCUT2D eigenvalue weighted by Crippen LogP contribution is 2.28. The van der Waals surface area contributed by atoms with Crippen LogP contribution >= 0.6 is 15.9 Å². The number of methoxy groups -OCH3 is 1. The average molecular weight is 673 g/mol. The maximum Gasteiger partial charge on any atom is 0.264 e. The largest absolute Gasteiger partial charge is 0.497 e. The van der Waals surface area contributed by atoms with Crippen molar-refractivity contribution in [2.45, 2.75) is 63.1 Å². The zero-order valence-corrected chi connectivity index (χ0v) is 27.1. The summed E-state index contributed by atoms with van der Waals surface area (Å²) in [5.41, 5.74) is 1.07. The highest BCUT2D eigenvalue weighted by atomic mass is 79.9. The van der Waals surface area contributed by atoms with Crippen molar-refractivity contribution in [1.29, 1.82) is 0 Å². The highest BCUT2D eigenvalue weighted by molar-refractivity contribution is 9.10. The molecule has 43 heavy (non-hydrogen) atoms. The van der Waals surface area contributed by atoms with Crippen molar-refractivity contribution in [2.75, 3.05) is 24.6 Å². The van der Waals surface area contributed by atoms with Crippen molar-refractivity contribution in [1.82, 2.24) is 10.2 Å². The van der Waals surface area contributed by atoms with Crippen molar-refractivity contribution in [2.24, 2.45) is 0 Å². The lowest BCUT2D eigenvalue weighted by atomic mass is 10.1. The number of nitrogens with one attached hydrogen (secondary N) is 1. The van der Waals surface area contributed by atoms with Crippen molar-refractivity contribution in [3.63, 3.8) is 0 Å². The number of carbonyl (C=O) groups excluding carboxylic acids is 2. The van der Waals surface area contributed by atoms with Crippen LogP contribution in [0.25, 0.3) is 0 Å². The van der Waals surface area contributed by atoms with Crippen LogP contribution in [0.4, 0.5) is 5.69 Å². The number of rotatable bonds is 13. The molecule has 0 aromatic heterocycles. The van der Waals surface area contributed by atoms with E-state index in [1.54, 1.807) is 62.6 Å². The molecule has 0 spiro atoms. The summed E-state index contributed by atoms with van der Waals surface area (Å²) in [6, 6.07) is 19.2. The van der Waals surface area contributed by atoms with E-state index in [9.17, 15) is 18.0 Å². The molecule has 1 aliphatic rings. The molecule has 2 amide bonds. The molecule has 1 saturated carbocycles. The molecule has 0 heterocycles. The van der Waals surface area contributed by atoms with E-state index in [1.807, 2.05) is 19.1 Å². The minimum absolute atomic E-state index is 0.0334. The van der Waals surface area contributed by atoms with E-state index in [1.165, 1.54) is 17.0 Å². The first-order valence-corrected chi connectivity index (χ1v) is 16.6. The van der Waals surface area contributed by atoms with Crippen LogP contribution in [0, 0.1) is 0 Å². The van der Waals surface area contributed by atoms with Crippen molar-refractivity contribution >= 4 is 43.5 Å². The van der Waals surface area contributed by atoms with E-state index in [4.69, 9.17) is 9.47 Å². The lowest BCUT2D eigenvalue weighted by Gasteiger charge is -2.32. The third kappa shape index (κ3) is 8.29. The summed E-state index contributed by atoms with van der Waals surface area (Å²) < 4.78 is 40.6. The Bertz CT molecular complexity index is 1470. The highest BCUT2D eigenvalue weighted by Gasteiger charge is 2.33. The van der Waals surface area contributed by atoms with Gasteiger partial charge in [0.25, 0.3) is 10.0 Å². The molecule has 11 heteroatoms. The normalized spacial score (nSPS) is 14.1. The number of nitrogens with zero attached hydrogens (tertiary/aromatic N) is 2. The lowest BCUT2D eigenvalue weighted by Crippen LogP contribution is -2.52. The molecule has 0 aliphatic heterocycles. The van der Waals surface area contributed by atoms with Gasteiger partial charge in [-0.2, -0.15) is 0 Å². The molecule has 0 radical (unpaired) electrons. The lowest BCUT2D eigenvalue weighted by molar-refractivity contribution is -0.139. The minimum atomic E-state index is -4.16. The fourth-order valence-electron chi connectivity index (χ4n) is 5.04. The topological polar surface area (TPSA) is 105 Å². The van der Waals surface area contributed by atoms with Gasteiger partial charge in [-0.1, -0.05) is 40.9 Å². The van der Waals surface area contributed by atoms with Gasteiger partial charge in [0, 0.05) is 17.1 Å². The molecule has 3 aromatic carbocycles. The Morgan fingerprint density at radius 3 is 2.14 bits per heavy atom. The first-order chi connectivity index (χ1) is 20.6. The van der Waals surface area contributed by atoms with E-state index in [0.717, 1.165) is 40.0 Å². The molecule has 4 rings (SSSR count). The van der Waals surface area contributed by atoms with E-state index in [0.29, 0.717) is 23.8 Å². The van der Waals surface area contributed by atoms with E-state index >= 15 is 0 Å². The fourth-order valence-corrected chi connectivity index (χ4v) is 6.72. The third-order valence-corrected chi connectivity index (χ3v) is 9.81. The number of carbonyl (C=O) groups is 2. The number of benzene rings is 3. The van der Waals surface area contributed by atoms with Gasteiger partial charge in [-0.05, 0) is 92.9 Å². The second-order valence-corrected chi connectivity index (χ2v) is 13.2. The Morgan fingerprint density at radius 1 is 0.953 bits per heavy atom. The Balaban J connectivity index is 1.68. The van der Waals surface area contributed by atoms with Gasteiger partial charge in [-0.25, -0.2) is 8.42 Å². The Hall–Kier alpha value is -3.57. The van der Waals surface area contributed by atoms with E-state index < -0.39 is 28.5 Å². The first-order valence-electron chi connectivity index (χ1n) is 14.4. The summed E-state index contributed by atoms with van der Waals surface area (Å²) in [5, 5.41) is 3.08. The maximum absolute atomic E-state index is 14.1. The smallest absolute Gasteiger partial charge is 0.264 e. The van der Waals surface area contributed by atoms with Gasteiger partial charge in [-0.3, -0.25) is 13.9 Å². The number of halogens is 1. The standard InChI is InChI=1S/C32H38BrN3O6S/c1-4-42-29-17-13-27(14-18-29)36(43(39,40)30-19-11-25(33)12-20-30)22-31(37)35(21-24-9-15-28(41-3)16-10-24)23(2)32(38)34-26-7-5-6-8-26/h9-20,23,26H,4-8,21-22H2,1-3H3,(H,34,38)/t23-/m1/s1. The van der Waals surface area contributed by atoms with Gasteiger partial charge in [0.05, 0.1) is 24.3 Å². The molecule has 9 nitrogen and oxygen atoms in total. The molecule has 1 fully saturated rings. The number of amides is 2. The molecular formula is C32H38BrN3O6S. The summed E-state index contributed by atoms with van der Waals surface area (Å²) in [7, 11) is -2.59. The Kier molecular flexibility index (Phi) is 11.1. The van der Waals surface area contributed by atoms with Crippen LogP contribution in [0.2, 0.25) is 0 Å². The van der Waals surface area contributed by atoms with Crippen LogP contribution in [-0.2, 0) is 26.2 Å². The molecule has 0 bridgehead atoms. The van der Waals surface area contributed by atoms with Gasteiger partial charge in [0.2, 0.25) is 11.8 Å². The molecule has 0 unspecified atom stereocenters.